The molecule has 0 bridgehead atoms. The van der Waals surface area contributed by atoms with Gasteiger partial charge < -0.3 is 5.73 Å². The number of hydrogen-bond acceptors (Lipinski definition) is 2. The Hall–Kier alpha value is -1.62. The molecule has 2 rings (SSSR count). The van der Waals surface area contributed by atoms with Crippen LogP contribution in [0, 0.1) is 5.82 Å². The number of carbonyl (C=O) groups is 1. The Bertz CT molecular complexity index is 432. The SMILES string of the molecule is NC(=O)N(O)C1(Cc2ccccc2F)CCC1. The van der Waals surface area contributed by atoms with Crippen molar-refractivity contribution in [3.63, 3.8) is 0 Å². The van der Waals surface area contributed by atoms with E-state index in [1.807, 2.05) is 0 Å². The van der Waals surface area contributed by atoms with Crippen LogP contribution >= 0.6 is 0 Å². The van der Waals surface area contributed by atoms with E-state index in [0.29, 0.717) is 29.9 Å². The van der Waals surface area contributed by atoms with Crippen LogP contribution in [-0.4, -0.2) is 21.8 Å². The predicted molar refractivity (Wildman–Crippen MR) is 59.9 cm³/mol. The number of benzene rings is 1. The molecule has 1 saturated carbocycles. The number of urea groups is 1. The van der Waals surface area contributed by atoms with Crippen molar-refractivity contribution in [3.05, 3.63) is 35.6 Å². The van der Waals surface area contributed by atoms with Gasteiger partial charge in [-0.15, -0.1) is 0 Å². The van der Waals surface area contributed by atoms with E-state index in [1.165, 1.54) is 6.07 Å². The lowest BCUT2D eigenvalue weighted by molar-refractivity contribution is -0.154. The largest absolute Gasteiger partial charge is 0.350 e. The maximum Gasteiger partial charge on any atom is 0.339 e. The van der Waals surface area contributed by atoms with Gasteiger partial charge in [0.1, 0.15) is 5.82 Å². The Balaban J connectivity index is 2.21. The first-order valence-corrected chi connectivity index (χ1v) is 5.57. The number of nitrogens with two attached hydrogens (primary N) is 1. The molecule has 4 nitrogen and oxygen atoms in total. The minimum atomic E-state index is -0.888. The van der Waals surface area contributed by atoms with Crippen molar-refractivity contribution in [2.45, 2.75) is 31.2 Å². The van der Waals surface area contributed by atoms with Gasteiger partial charge in [0, 0.05) is 6.42 Å². The van der Waals surface area contributed by atoms with Crippen molar-refractivity contribution in [3.8, 4) is 0 Å². The average Bonchev–Trinajstić information content (AvgIpc) is 2.25. The fourth-order valence-electron chi connectivity index (χ4n) is 2.28. The topological polar surface area (TPSA) is 66.6 Å². The molecule has 1 aliphatic carbocycles. The molecule has 0 atom stereocenters. The van der Waals surface area contributed by atoms with Gasteiger partial charge in [-0.25, -0.2) is 9.18 Å². The van der Waals surface area contributed by atoms with Crippen LogP contribution in [0.25, 0.3) is 0 Å². The summed E-state index contributed by atoms with van der Waals surface area (Å²) in [6, 6.07) is 5.48. The number of nitrogens with zero attached hydrogens (tertiary/aromatic N) is 1. The third-order valence-electron chi connectivity index (χ3n) is 3.42. The summed E-state index contributed by atoms with van der Waals surface area (Å²) in [6.07, 6.45) is 2.47. The molecule has 0 aromatic heterocycles. The van der Waals surface area contributed by atoms with Gasteiger partial charge in [-0.05, 0) is 30.9 Å². The molecule has 0 radical (unpaired) electrons. The number of primary amides is 1. The van der Waals surface area contributed by atoms with Gasteiger partial charge in [0.05, 0.1) is 5.54 Å². The van der Waals surface area contributed by atoms with Gasteiger partial charge in [0.2, 0.25) is 0 Å². The highest BCUT2D eigenvalue weighted by molar-refractivity contribution is 5.71. The van der Waals surface area contributed by atoms with Crippen LogP contribution in [0.5, 0.6) is 0 Å². The quantitative estimate of drug-likeness (QED) is 0.625. The van der Waals surface area contributed by atoms with Crippen molar-refractivity contribution in [2.24, 2.45) is 5.73 Å². The van der Waals surface area contributed by atoms with Crippen LogP contribution in [0.2, 0.25) is 0 Å². The van der Waals surface area contributed by atoms with E-state index in [2.05, 4.69) is 0 Å². The van der Waals surface area contributed by atoms with E-state index in [1.54, 1.807) is 18.2 Å². The maximum absolute atomic E-state index is 13.5. The summed E-state index contributed by atoms with van der Waals surface area (Å²) >= 11 is 0. The first-order chi connectivity index (χ1) is 8.05. The summed E-state index contributed by atoms with van der Waals surface area (Å²) in [5.74, 6) is -0.323. The number of carbonyl (C=O) groups excluding carboxylic acids is 1. The van der Waals surface area contributed by atoms with Crippen molar-refractivity contribution in [1.29, 1.82) is 0 Å². The van der Waals surface area contributed by atoms with Gasteiger partial charge in [0.25, 0.3) is 0 Å². The molecule has 0 unspecified atom stereocenters. The van der Waals surface area contributed by atoms with Gasteiger partial charge in [0.15, 0.2) is 0 Å². The second-order valence-electron chi connectivity index (χ2n) is 4.50. The standard InChI is InChI=1S/C12H15FN2O2/c13-10-5-2-1-4-9(10)8-12(6-3-7-12)15(17)11(14)16/h1-2,4-5,17H,3,6-8H2,(H2,14,16). The summed E-state index contributed by atoms with van der Waals surface area (Å²) in [5.41, 5.74) is 4.83. The molecule has 1 aliphatic rings. The van der Waals surface area contributed by atoms with Crippen LogP contribution in [0.3, 0.4) is 0 Å². The van der Waals surface area contributed by atoms with Crippen LogP contribution in [-0.2, 0) is 6.42 Å². The van der Waals surface area contributed by atoms with E-state index < -0.39 is 11.6 Å². The Kier molecular flexibility index (Phi) is 3.02. The van der Waals surface area contributed by atoms with E-state index in [0.717, 1.165) is 6.42 Å². The minimum Gasteiger partial charge on any atom is -0.350 e. The predicted octanol–water partition coefficient (Wildman–Crippen LogP) is 2.06. The molecular weight excluding hydrogens is 223 g/mol. The second-order valence-corrected chi connectivity index (χ2v) is 4.50. The molecule has 92 valence electrons. The molecule has 2 amide bonds. The molecule has 0 heterocycles. The molecule has 1 aromatic carbocycles. The smallest absolute Gasteiger partial charge is 0.339 e. The zero-order chi connectivity index (χ0) is 12.5. The molecule has 1 aromatic rings. The number of amides is 2. The Morgan fingerprint density at radius 2 is 2.12 bits per heavy atom. The van der Waals surface area contributed by atoms with Gasteiger partial charge in [-0.2, -0.15) is 5.06 Å². The maximum atomic E-state index is 13.5. The number of hydroxylamine groups is 2. The lowest BCUT2D eigenvalue weighted by Crippen LogP contribution is -2.57. The first-order valence-electron chi connectivity index (χ1n) is 5.57. The van der Waals surface area contributed by atoms with E-state index in [-0.39, 0.29) is 5.82 Å². The van der Waals surface area contributed by atoms with Crippen LogP contribution in [0.4, 0.5) is 9.18 Å². The van der Waals surface area contributed by atoms with E-state index in [9.17, 15) is 14.4 Å². The highest BCUT2D eigenvalue weighted by Crippen LogP contribution is 2.39. The Morgan fingerprint density at radius 1 is 1.47 bits per heavy atom. The highest BCUT2D eigenvalue weighted by atomic mass is 19.1. The van der Waals surface area contributed by atoms with Crippen molar-refractivity contribution < 1.29 is 14.4 Å². The average molecular weight is 238 g/mol. The molecule has 5 heteroatoms. The van der Waals surface area contributed by atoms with Gasteiger partial charge in [-0.1, -0.05) is 18.2 Å². The van der Waals surface area contributed by atoms with E-state index >= 15 is 0 Å². The van der Waals surface area contributed by atoms with E-state index in [4.69, 9.17) is 5.73 Å². The Labute approximate surface area is 98.8 Å². The lowest BCUT2D eigenvalue weighted by Gasteiger charge is -2.46. The number of rotatable bonds is 3. The summed E-state index contributed by atoms with van der Waals surface area (Å²) in [7, 11) is 0. The van der Waals surface area contributed by atoms with Crippen molar-refractivity contribution in [1.82, 2.24) is 5.06 Å². The summed E-state index contributed by atoms with van der Waals surface area (Å²) in [4.78, 5) is 11.0. The number of halogens is 1. The van der Waals surface area contributed by atoms with Crippen LogP contribution in [0.1, 0.15) is 24.8 Å². The van der Waals surface area contributed by atoms with Crippen molar-refractivity contribution in [2.75, 3.05) is 0 Å². The lowest BCUT2D eigenvalue weighted by atomic mass is 9.72. The normalized spacial score (nSPS) is 17.3. The van der Waals surface area contributed by atoms with Gasteiger partial charge in [-0.3, -0.25) is 5.21 Å². The fourth-order valence-corrected chi connectivity index (χ4v) is 2.28. The zero-order valence-electron chi connectivity index (χ0n) is 9.40. The fraction of sp³-hybridized carbons (Fsp3) is 0.417. The molecule has 0 saturated heterocycles. The molecule has 0 spiro atoms. The minimum absolute atomic E-state index is 0.291. The molecule has 0 aliphatic heterocycles. The molecule has 1 fully saturated rings. The van der Waals surface area contributed by atoms with Crippen LogP contribution < -0.4 is 5.73 Å². The highest BCUT2D eigenvalue weighted by Gasteiger charge is 2.44. The Morgan fingerprint density at radius 3 is 2.59 bits per heavy atom. The third kappa shape index (κ3) is 2.10. The first kappa shape index (κ1) is 11.9. The molecule has 3 N–H and O–H groups in total. The molecule has 17 heavy (non-hydrogen) atoms. The summed E-state index contributed by atoms with van der Waals surface area (Å²) < 4.78 is 13.5. The van der Waals surface area contributed by atoms with Crippen molar-refractivity contribution >= 4 is 6.03 Å². The number of hydrogen-bond donors (Lipinski definition) is 2. The summed E-state index contributed by atoms with van der Waals surface area (Å²) in [5, 5.41) is 10.2. The third-order valence-corrected chi connectivity index (χ3v) is 3.42. The molecular formula is C12H15FN2O2. The monoisotopic (exact) mass is 238 g/mol. The summed E-state index contributed by atoms with van der Waals surface area (Å²) in [6.45, 7) is 0. The zero-order valence-corrected chi connectivity index (χ0v) is 9.40. The second kappa shape index (κ2) is 4.33. The van der Waals surface area contributed by atoms with Crippen LogP contribution in [0.15, 0.2) is 24.3 Å². The van der Waals surface area contributed by atoms with Gasteiger partial charge >= 0.3 is 6.03 Å².